The van der Waals surface area contributed by atoms with Crippen molar-refractivity contribution < 1.29 is 114 Å². The van der Waals surface area contributed by atoms with E-state index in [0.717, 1.165) is 10.2 Å². The predicted molar refractivity (Wildman–Crippen MR) is 88.2 cm³/mol. The van der Waals surface area contributed by atoms with Crippen LogP contribution >= 0.6 is 23.2 Å². The van der Waals surface area contributed by atoms with E-state index in [-0.39, 0.29) is 0 Å². The molecule has 0 rings (SSSR count). The number of alkyl halides is 26. The van der Waals surface area contributed by atoms with Crippen molar-refractivity contribution in [2.75, 3.05) is 0 Å². The Bertz CT molecular complexity index is 1040. The fraction of sp³-hybridized carbons (Fsp3) is 0.857. The minimum Gasteiger partial charge on any atom is -0.192 e. The quantitative estimate of drug-likeness (QED) is 0.114. The van der Waals surface area contributed by atoms with Crippen molar-refractivity contribution in [1.82, 2.24) is 0 Å². The van der Waals surface area contributed by atoms with Crippen LogP contribution in [0.2, 0.25) is 0 Å². The molecular weight excluding hydrogens is 761 g/mol. The minimum atomic E-state index is -8.62. The highest BCUT2D eigenvalue weighted by Gasteiger charge is 2.92. The average molecular weight is 761 g/mol. The van der Waals surface area contributed by atoms with Gasteiger partial charge in [0.15, 0.2) is 0 Å². The smallest absolute Gasteiger partial charge is 0.192 e. The van der Waals surface area contributed by atoms with Crippen LogP contribution in [0.25, 0.3) is 0 Å². The summed E-state index contributed by atoms with van der Waals surface area (Å²) in [5.41, 5.74) is 0. The predicted octanol–water partition coefficient (Wildman–Crippen LogP) is 9.65. The monoisotopic (exact) mass is 760 g/mol. The van der Waals surface area contributed by atoms with Crippen molar-refractivity contribution in [1.29, 1.82) is 0 Å². The first-order valence-corrected chi connectivity index (χ1v) is 9.69. The van der Waals surface area contributed by atoms with Crippen LogP contribution in [0.1, 0.15) is 0 Å². The Labute approximate surface area is 230 Å². The number of hydrogen-bond acceptors (Lipinski definition) is 2. The molecule has 0 amide bonds. The lowest BCUT2D eigenvalue weighted by Crippen LogP contribution is -2.71. The molecule has 0 radical (unpaired) electrons. The molecule has 0 fully saturated rings. The molecule has 0 aliphatic rings. The Morgan fingerprint density at radius 1 is 0.273 bits per heavy atom. The van der Waals surface area contributed by atoms with Gasteiger partial charge in [-0.1, -0.05) is 23.2 Å². The van der Waals surface area contributed by atoms with E-state index in [1.807, 2.05) is 0 Å². The molecule has 0 aliphatic heterocycles. The summed E-state index contributed by atoms with van der Waals surface area (Å²) in [6.07, 6.45) is -15.8. The molecule has 0 unspecified atom stereocenters. The van der Waals surface area contributed by atoms with Crippen molar-refractivity contribution in [2.24, 2.45) is 10.2 Å². The second-order valence-electron chi connectivity index (χ2n) is 7.52. The standard InChI is InChI=1S/C14Cl2F26N2/c15-1(3(17,18)5(21,22)7(25,26)9(29,30)11(33,34)13(37,38)39)43-44-2(16)4(19,20)6(23,24)8(27,28)10(31,32)12(35,36)14(40,41)42/b43-1-,44-2-. The molecule has 0 heterocycles. The molecule has 2 nitrogen and oxygen atoms in total. The molecule has 30 heteroatoms. The van der Waals surface area contributed by atoms with Crippen molar-refractivity contribution in [3.63, 3.8) is 0 Å². The lowest BCUT2D eigenvalue weighted by atomic mass is 9.94. The van der Waals surface area contributed by atoms with Gasteiger partial charge in [0, 0.05) is 0 Å². The third-order valence-electron chi connectivity index (χ3n) is 4.61. The highest BCUT2D eigenvalue weighted by Crippen LogP contribution is 2.62. The second kappa shape index (κ2) is 10.8. The van der Waals surface area contributed by atoms with Gasteiger partial charge < -0.3 is 0 Å². The summed E-state index contributed by atoms with van der Waals surface area (Å²) < 4.78 is 338. The van der Waals surface area contributed by atoms with Gasteiger partial charge in [-0.15, -0.1) is 10.2 Å². The van der Waals surface area contributed by atoms with Crippen molar-refractivity contribution in [2.45, 2.75) is 71.6 Å². The van der Waals surface area contributed by atoms with Gasteiger partial charge in [-0.3, -0.25) is 0 Å². The van der Waals surface area contributed by atoms with Crippen LogP contribution in [0.4, 0.5) is 114 Å². The van der Waals surface area contributed by atoms with Gasteiger partial charge in [0.05, 0.1) is 0 Å². The van der Waals surface area contributed by atoms with Crippen LogP contribution in [0.5, 0.6) is 0 Å². The van der Waals surface area contributed by atoms with Crippen molar-refractivity contribution >= 4 is 33.5 Å². The van der Waals surface area contributed by atoms with E-state index >= 15 is 0 Å². The van der Waals surface area contributed by atoms with Gasteiger partial charge in [-0.05, 0) is 0 Å². The van der Waals surface area contributed by atoms with Crippen LogP contribution in [-0.4, -0.2) is 81.9 Å². The SMILES string of the molecule is FC(F)(F)C(F)(F)C(F)(F)C(F)(F)C(F)(F)C(F)(F)/C(Cl)=N/N=C(\Cl)C(F)(F)C(F)(F)C(F)(F)C(F)(F)C(F)(F)C(F)(F)F. The van der Waals surface area contributed by atoms with Gasteiger partial charge in [-0.25, -0.2) is 0 Å². The highest BCUT2D eigenvalue weighted by atomic mass is 35.5. The van der Waals surface area contributed by atoms with Crippen LogP contribution in [0.15, 0.2) is 10.2 Å². The molecule has 0 bridgehead atoms. The summed E-state index contributed by atoms with van der Waals surface area (Å²) >= 11 is 8.08. The maximum Gasteiger partial charge on any atom is 0.460 e. The Hall–Kier alpha value is -1.90. The maximum atomic E-state index is 13.7. The molecule has 0 aromatic rings. The molecule has 262 valence electrons. The number of nitrogens with zero attached hydrogens (tertiary/aromatic N) is 2. The summed E-state index contributed by atoms with van der Waals surface area (Å²) in [6.45, 7) is 0. The van der Waals surface area contributed by atoms with Gasteiger partial charge in [0.25, 0.3) is 0 Å². The highest BCUT2D eigenvalue weighted by molar-refractivity contribution is 6.68. The molecule has 44 heavy (non-hydrogen) atoms. The third-order valence-corrected chi connectivity index (χ3v) is 5.24. The first kappa shape index (κ1) is 42.1. The Morgan fingerprint density at radius 2 is 0.432 bits per heavy atom. The minimum absolute atomic E-state index is 0.927. The lowest BCUT2D eigenvalue weighted by Gasteiger charge is -2.39. The third kappa shape index (κ3) is 5.55. The summed E-state index contributed by atoms with van der Waals surface area (Å²) in [5, 5.41) is -6.38. The average Bonchev–Trinajstić information content (AvgIpc) is 2.79. The van der Waals surface area contributed by atoms with Gasteiger partial charge in [0.2, 0.25) is 10.3 Å². The van der Waals surface area contributed by atoms with E-state index in [1.54, 1.807) is 0 Å². The molecule has 0 saturated carbocycles. The van der Waals surface area contributed by atoms with Gasteiger partial charge in [0.1, 0.15) is 0 Å². The van der Waals surface area contributed by atoms with Crippen LogP contribution in [0, 0.1) is 0 Å². The van der Waals surface area contributed by atoms with Crippen LogP contribution in [0.3, 0.4) is 0 Å². The summed E-state index contributed by atoms with van der Waals surface area (Å²) in [4.78, 5) is 0. The van der Waals surface area contributed by atoms with E-state index in [4.69, 9.17) is 0 Å². The van der Waals surface area contributed by atoms with E-state index in [1.165, 1.54) is 0 Å². The fourth-order valence-corrected chi connectivity index (χ4v) is 2.32. The van der Waals surface area contributed by atoms with Crippen LogP contribution in [-0.2, 0) is 0 Å². The van der Waals surface area contributed by atoms with E-state index in [0.29, 0.717) is 0 Å². The van der Waals surface area contributed by atoms with E-state index in [9.17, 15) is 114 Å². The number of halogens is 28. The number of rotatable bonds is 11. The second-order valence-corrected chi connectivity index (χ2v) is 8.24. The summed E-state index contributed by atoms with van der Waals surface area (Å²) in [5.74, 6) is -83.1. The zero-order valence-electron chi connectivity index (χ0n) is 18.5. The first-order valence-electron chi connectivity index (χ1n) is 8.94. The molecule has 0 spiro atoms. The van der Waals surface area contributed by atoms with Gasteiger partial charge >= 0.3 is 71.6 Å². The molecule has 0 N–H and O–H groups in total. The Kier molecular flexibility index (Phi) is 10.4. The molecular formula is C14Cl2F26N2. The molecule has 0 aliphatic carbocycles. The molecule has 0 aromatic heterocycles. The first-order chi connectivity index (χ1) is 18.5. The van der Waals surface area contributed by atoms with Crippen LogP contribution < -0.4 is 0 Å². The summed E-state index contributed by atoms with van der Waals surface area (Å²) in [7, 11) is 0. The lowest BCUT2D eigenvalue weighted by molar-refractivity contribution is -0.434. The molecule has 0 aromatic carbocycles. The largest absolute Gasteiger partial charge is 0.460 e. The zero-order valence-corrected chi connectivity index (χ0v) is 20.0. The van der Waals surface area contributed by atoms with Crippen molar-refractivity contribution in [3.8, 4) is 0 Å². The molecule has 0 saturated heterocycles. The van der Waals surface area contributed by atoms with E-state index < -0.39 is 81.9 Å². The Balaban J connectivity index is 6.97. The summed E-state index contributed by atoms with van der Waals surface area (Å²) in [6, 6.07) is 0. The number of hydrogen-bond donors (Lipinski definition) is 0. The van der Waals surface area contributed by atoms with Gasteiger partial charge in [-0.2, -0.15) is 114 Å². The zero-order chi connectivity index (χ0) is 36.6. The Morgan fingerprint density at radius 3 is 0.591 bits per heavy atom. The molecule has 0 atom stereocenters. The topological polar surface area (TPSA) is 24.7 Å². The maximum absolute atomic E-state index is 13.7. The van der Waals surface area contributed by atoms with Crippen molar-refractivity contribution in [3.05, 3.63) is 0 Å². The fourth-order valence-electron chi connectivity index (χ4n) is 2.01. The van der Waals surface area contributed by atoms with E-state index in [2.05, 4.69) is 23.2 Å². The normalized spacial score (nSPS) is 17.4.